The predicted octanol–water partition coefficient (Wildman–Crippen LogP) is 19.6. The first kappa shape index (κ1) is 65.1. The summed E-state index contributed by atoms with van der Waals surface area (Å²) in [4.78, 5) is 38.2. The lowest BCUT2D eigenvalue weighted by atomic mass is 10.1. The molecule has 1 unspecified atom stereocenters. The molecule has 0 saturated heterocycles. The SMILES string of the molecule is CC/C=C\C/C=C\C/C=C\CCCCCCCC(=O)OCC(COC(=O)CCCCCCCCCCC/C=C\CCCCCCCC)OC(=O)CCCCCCC/C=C\CCCCCCCCC. The molecule has 0 heterocycles. The van der Waals surface area contributed by atoms with E-state index >= 15 is 0 Å². The summed E-state index contributed by atoms with van der Waals surface area (Å²) in [6, 6.07) is 0. The molecule has 0 aliphatic rings. The Morgan fingerprint density at radius 2 is 0.574 bits per heavy atom. The second-order valence-corrected chi connectivity index (χ2v) is 19.5. The highest BCUT2D eigenvalue weighted by atomic mass is 16.6. The van der Waals surface area contributed by atoms with E-state index in [2.05, 4.69) is 81.5 Å². The molecule has 0 aromatic carbocycles. The number of carbonyl (C=O) groups is 3. The van der Waals surface area contributed by atoms with Crippen molar-refractivity contribution in [2.75, 3.05) is 13.2 Å². The molecule has 6 nitrogen and oxygen atoms in total. The second kappa shape index (κ2) is 56.7. The van der Waals surface area contributed by atoms with Gasteiger partial charge in [0.25, 0.3) is 0 Å². The summed E-state index contributed by atoms with van der Waals surface area (Å²) in [6.45, 7) is 6.53. The number of carbonyl (C=O) groups excluding carboxylic acids is 3. The molecule has 0 radical (unpaired) electrons. The maximum atomic E-state index is 12.9. The largest absolute Gasteiger partial charge is 0.462 e. The quantitative estimate of drug-likeness (QED) is 0.0262. The first-order valence-corrected chi connectivity index (χ1v) is 29.3. The number of rotatable bonds is 53. The summed E-state index contributed by atoms with van der Waals surface area (Å²) in [5.41, 5.74) is 0. The Kier molecular flexibility index (Phi) is 54.3. The molecule has 0 spiro atoms. The van der Waals surface area contributed by atoms with Gasteiger partial charge in [-0.3, -0.25) is 14.4 Å². The number of hydrogen-bond donors (Lipinski definition) is 0. The van der Waals surface area contributed by atoms with E-state index in [0.29, 0.717) is 19.3 Å². The van der Waals surface area contributed by atoms with Crippen LogP contribution in [-0.2, 0) is 28.6 Å². The van der Waals surface area contributed by atoms with E-state index in [4.69, 9.17) is 14.2 Å². The topological polar surface area (TPSA) is 78.9 Å². The molecule has 68 heavy (non-hydrogen) atoms. The van der Waals surface area contributed by atoms with E-state index < -0.39 is 6.10 Å². The highest BCUT2D eigenvalue weighted by molar-refractivity contribution is 5.71. The van der Waals surface area contributed by atoms with Crippen LogP contribution in [0.5, 0.6) is 0 Å². The zero-order valence-electron chi connectivity index (χ0n) is 45.1. The number of hydrogen-bond acceptors (Lipinski definition) is 6. The van der Waals surface area contributed by atoms with Gasteiger partial charge in [0.05, 0.1) is 0 Å². The van der Waals surface area contributed by atoms with Crippen LogP contribution in [0, 0.1) is 0 Å². The van der Waals surface area contributed by atoms with Crippen LogP contribution in [0.4, 0.5) is 0 Å². The lowest BCUT2D eigenvalue weighted by molar-refractivity contribution is -0.167. The summed E-state index contributed by atoms with van der Waals surface area (Å²) in [6.07, 6.45) is 70.7. The Morgan fingerprint density at radius 3 is 0.912 bits per heavy atom. The van der Waals surface area contributed by atoms with Gasteiger partial charge in [-0.25, -0.2) is 0 Å². The molecule has 0 bridgehead atoms. The Morgan fingerprint density at radius 1 is 0.309 bits per heavy atom. The molecular formula is C62H110O6. The van der Waals surface area contributed by atoms with Crippen molar-refractivity contribution in [2.45, 2.75) is 303 Å². The molecule has 394 valence electrons. The van der Waals surface area contributed by atoms with Crippen LogP contribution < -0.4 is 0 Å². The Bertz CT molecular complexity index is 1230. The minimum Gasteiger partial charge on any atom is -0.462 e. The predicted molar refractivity (Wildman–Crippen MR) is 293 cm³/mol. The van der Waals surface area contributed by atoms with Crippen LogP contribution >= 0.6 is 0 Å². The molecule has 0 aromatic heterocycles. The maximum absolute atomic E-state index is 12.9. The standard InChI is InChI=1S/C62H110O6/c1-4-7-10-13-16-19-22-25-28-30-31-32-35-37-40-43-46-49-52-55-61(64)67-58-59(57-66-60(63)54-51-48-45-42-39-36-33-27-24-21-18-15-12-9-6-3)68-62(65)56-53-50-47-44-41-38-34-29-26-23-20-17-14-11-8-5-2/h9,12,18,21,25,27-29,33-34,59H,4-8,10-11,13-17,19-20,22-24,26,30-32,35-58H2,1-3H3/b12-9-,21-18-,28-25-,33-27-,34-29-. The molecule has 0 amide bonds. The summed E-state index contributed by atoms with van der Waals surface area (Å²) >= 11 is 0. The molecule has 1 atom stereocenters. The molecule has 0 fully saturated rings. The Labute approximate surface area is 421 Å². The zero-order valence-corrected chi connectivity index (χ0v) is 45.1. The van der Waals surface area contributed by atoms with Crippen molar-refractivity contribution in [1.82, 2.24) is 0 Å². The van der Waals surface area contributed by atoms with Crippen molar-refractivity contribution in [3.8, 4) is 0 Å². The summed E-state index contributed by atoms with van der Waals surface area (Å²) in [7, 11) is 0. The lowest BCUT2D eigenvalue weighted by Crippen LogP contribution is -2.30. The van der Waals surface area contributed by atoms with E-state index in [1.165, 1.54) is 148 Å². The van der Waals surface area contributed by atoms with Crippen LogP contribution in [-0.4, -0.2) is 37.2 Å². The average Bonchev–Trinajstić information content (AvgIpc) is 3.34. The third kappa shape index (κ3) is 54.1. The van der Waals surface area contributed by atoms with E-state index in [0.717, 1.165) is 109 Å². The molecule has 0 saturated carbocycles. The number of ether oxygens (including phenoxy) is 3. The van der Waals surface area contributed by atoms with Gasteiger partial charge in [0.2, 0.25) is 0 Å². The molecule has 0 aliphatic carbocycles. The van der Waals surface area contributed by atoms with Crippen molar-refractivity contribution in [3.05, 3.63) is 60.8 Å². The third-order valence-corrected chi connectivity index (χ3v) is 12.7. The van der Waals surface area contributed by atoms with Gasteiger partial charge in [0.1, 0.15) is 13.2 Å². The minimum absolute atomic E-state index is 0.0831. The van der Waals surface area contributed by atoms with Gasteiger partial charge >= 0.3 is 17.9 Å². The van der Waals surface area contributed by atoms with Crippen molar-refractivity contribution in [2.24, 2.45) is 0 Å². The normalized spacial score (nSPS) is 12.5. The van der Waals surface area contributed by atoms with Gasteiger partial charge in [0.15, 0.2) is 6.10 Å². The smallest absolute Gasteiger partial charge is 0.306 e. The van der Waals surface area contributed by atoms with Crippen LogP contribution in [0.1, 0.15) is 297 Å². The van der Waals surface area contributed by atoms with Gasteiger partial charge in [0, 0.05) is 19.3 Å². The number of esters is 3. The van der Waals surface area contributed by atoms with E-state index in [1.54, 1.807) is 0 Å². The minimum atomic E-state index is -0.786. The van der Waals surface area contributed by atoms with Gasteiger partial charge in [-0.05, 0) is 103 Å². The average molecular weight is 952 g/mol. The van der Waals surface area contributed by atoms with Crippen LogP contribution in [0.3, 0.4) is 0 Å². The van der Waals surface area contributed by atoms with Gasteiger partial charge in [-0.2, -0.15) is 0 Å². The maximum Gasteiger partial charge on any atom is 0.306 e. The highest BCUT2D eigenvalue weighted by Gasteiger charge is 2.19. The molecular weight excluding hydrogens is 841 g/mol. The van der Waals surface area contributed by atoms with E-state index in [-0.39, 0.29) is 31.1 Å². The van der Waals surface area contributed by atoms with Gasteiger partial charge in [-0.1, -0.05) is 236 Å². The van der Waals surface area contributed by atoms with Crippen molar-refractivity contribution in [1.29, 1.82) is 0 Å². The number of unbranched alkanes of at least 4 members (excludes halogenated alkanes) is 32. The molecule has 0 aliphatic heterocycles. The monoisotopic (exact) mass is 951 g/mol. The number of allylic oxidation sites excluding steroid dienone is 10. The highest BCUT2D eigenvalue weighted by Crippen LogP contribution is 2.15. The first-order chi connectivity index (χ1) is 33.5. The van der Waals surface area contributed by atoms with Crippen LogP contribution in [0.25, 0.3) is 0 Å². The molecule has 6 heteroatoms. The molecule has 0 N–H and O–H groups in total. The van der Waals surface area contributed by atoms with Crippen LogP contribution in [0.15, 0.2) is 60.8 Å². The Balaban J connectivity index is 4.38. The second-order valence-electron chi connectivity index (χ2n) is 19.5. The zero-order chi connectivity index (χ0) is 49.3. The van der Waals surface area contributed by atoms with Gasteiger partial charge < -0.3 is 14.2 Å². The van der Waals surface area contributed by atoms with E-state index in [1.807, 2.05) is 0 Å². The van der Waals surface area contributed by atoms with Crippen molar-refractivity contribution >= 4 is 17.9 Å². The first-order valence-electron chi connectivity index (χ1n) is 29.3. The fraction of sp³-hybridized carbons (Fsp3) is 0.790. The molecule has 0 rings (SSSR count). The van der Waals surface area contributed by atoms with Gasteiger partial charge in [-0.15, -0.1) is 0 Å². The summed E-state index contributed by atoms with van der Waals surface area (Å²) in [5.74, 6) is -0.900. The lowest BCUT2D eigenvalue weighted by Gasteiger charge is -2.18. The fourth-order valence-electron chi connectivity index (χ4n) is 8.33. The van der Waals surface area contributed by atoms with Crippen LogP contribution in [0.2, 0.25) is 0 Å². The molecule has 0 aromatic rings. The summed E-state index contributed by atoms with van der Waals surface area (Å²) < 4.78 is 16.9. The third-order valence-electron chi connectivity index (χ3n) is 12.7. The Hall–Kier alpha value is -2.89. The van der Waals surface area contributed by atoms with Crippen molar-refractivity contribution in [3.63, 3.8) is 0 Å². The summed E-state index contributed by atoms with van der Waals surface area (Å²) in [5, 5.41) is 0. The van der Waals surface area contributed by atoms with Crippen molar-refractivity contribution < 1.29 is 28.6 Å². The van der Waals surface area contributed by atoms with E-state index in [9.17, 15) is 14.4 Å². The fourth-order valence-corrected chi connectivity index (χ4v) is 8.33.